The first-order chi connectivity index (χ1) is 11.0. The average molecular weight is 333 g/mol. The lowest BCUT2D eigenvalue weighted by atomic mass is 10.2. The number of rotatable bonds is 4. The lowest BCUT2D eigenvalue weighted by molar-refractivity contribution is 0.0847. The van der Waals surface area contributed by atoms with Gasteiger partial charge in [-0.3, -0.25) is 20.4 Å². The second kappa shape index (κ2) is 7.60. The van der Waals surface area contributed by atoms with E-state index in [9.17, 15) is 9.59 Å². The number of halogens is 1. The van der Waals surface area contributed by atoms with Crippen molar-refractivity contribution < 1.29 is 9.59 Å². The Bertz CT molecular complexity index is 704. The van der Waals surface area contributed by atoms with Crippen molar-refractivity contribution in [2.24, 2.45) is 0 Å². The number of pyridine rings is 1. The number of anilines is 1. The predicted octanol–water partition coefficient (Wildman–Crippen LogP) is 2.63. The van der Waals surface area contributed by atoms with Crippen LogP contribution in [0.1, 0.15) is 34.6 Å². The number of hydrogen-bond donors (Lipinski definition) is 3. The van der Waals surface area contributed by atoms with Crippen LogP contribution in [-0.4, -0.2) is 22.8 Å². The standard InChI is InChI=1S/C16H17ClN4O2/c1-10(2)19-13-8-14(17)18-9-12(13)16(23)21-20-15(22)11-6-4-3-5-7-11/h3-10H,1-2H3,(H,18,19)(H,20,22)(H,21,23). The van der Waals surface area contributed by atoms with E-state index >= 15 is 0 Å². The molecular weight excluding hydrogens is 316 g/mol. The van der Waals surface area contributed by atoms with Crippen LogP contribution in [0.4, 0.5) is 5.69 Å². The third-order valence-corrected chi connectivity index (χ3v) is 3.09. The van der Waals surface area contributed by atoms with Crippen LogP contribution in [0.15, 0.2) is 42.6 Å². The zero-order chi connectivity index (χ0) is 16.8. The molecule has 0 aliphatic heterocycles. The van der Waals surface area contributed by atoms with Crippen LogP contribution in [0.5, 0.6) is 0 Å². The predicted molar refractivity (Wildman–Crippen MR) is 89.4 cm³/mol. The lowest BCUT2D eigenvalue weighted by Crippen LogP contribution is -2.42. The molecule has 6 nitrogen and oxygen atoms in total. The fraction of sp³-hybridized carbons (Fsp3) is 0.188. The third kappa shape index (κ3) is 4.69. The number of nitrogens with one attached hydrogen (secondary N) is 3. The molecule has 0 aliphatic rings. The molecule has 0 radical (unpaired) electrons. The fourth-order valence-electron chi connectivity index (χ4n) is 1.88. The Hall–Kier alpha value is -2.60. The molecule has 0 fully saturated rings. The third-order valence-electron chi connectivity index (χ3n) is 2.88. The minimum Gasteiger partial charge on any atom is -0.382 e. The van der Waals surface area contributed by atoms with Crippen LogP contribution in [0, 0.1) is 0 Å². The van der Waals surface area contributed by atoms with Gasteiger partial charge in [-0.25, -0.2) is 4.98 Å². The molecule has 2 amide bonds. The van der Waals surface area contributed by atoms with Crippen molar-refractivity contribution in [2.75, 3.05) is 5.32 Å². The van der Waals surface area contributed by atoms with Gasteiger partial charge < -0.3 is 5.32 Å². The van der Waals surface area contributed by atoms with E-state index in [1.54, 1.807) is 36.4 Å². The molecule has 0 atom stereocenters. The van der Waals surface area contributed by atoms with Gasteiger partial charge in [-0.1, -0.05) is 29.8 Å². The van der Waals surface area contributed by atoms with Crippen molar-refractivity contribution in [1.29, 1.82) is 0 Å². The molecule has 2 aromatic rings. The van der Waals surface area contributed by atoms with Crippen molar-refractivity contribution in [3.8, 4) is 0 Å². The summed E-state index contributed by atoms with van der Waals surface area (Å²) < 4.78 is 0. The van der Waals surface area contributed by atoms with Gasteiger partial charge in [0.2, 0.25) is 0 Å². The topological polar surface area (TPSA) is 83.1 Å². The highest BCUT2D eigenvalue weighted by atomic mass is 35.5. The van der Waals surface area contributed by atoms with E-state index in [2.05, 4.69) is 21.2 Å². The van der Waals surface area contributed by atoms with Crippen molar-refractivity contribution in [1.82, 2.24) is 15.8 Å². The molecule has 0 aliphatic carbocycles. The van der Waals surface area contributed by atoms with Gasteiger partial charge in [-0.15, -0.1) is 0 Å². The van der Waals surface area contributed by atoms with Crippen molar-refractivity contribution >= 4 is 29.1 Å². The number of aromatic nitrogens is 1. The number of nitrogens with zero attached hydrogens (tertiary/aromatic N) is 1. The molecule has 0 unspecified atom stereocenters. The summed E-state index contributed by atoms with van der Waals surface area (Å²) in [7, 11) is 0. The summed E-state index contributed by atoms with van der Waals surface area (Å²) in [6.45, 7) is 3.88. The quantitative estimate of drug-likeness (QED) is 0.593. The van der Waals surface area contributed by atoms with Gasteiger partial charge >= 0.3 is 0 Å². The van der Waals surface area contributed by atoms with E-state index in [0.29, 0.717) is 11.3 Å². The Balaban J connectivity index is 2.07. The minimum atomic E-state index is -0.485. The summed E-state index contributed by atoms with van der Waals surface area (Å²) >= 11 is 5.86. The molecule has 0 saturated carbocycles. The smallest absolute Gasteiger partial charge is 0.273 e. The van der Waals surface area contributed by atoms with Crippen molar-refractivity contribution in [3.63, 3.8) is 0 Å². The monoisotopic (exact) mass is 332 g/mol. The van der Waals surface area contributed by atoms with Crippen LogP contribution in [0.2, 0.25) is 5.15 Å². The first-order valence-corrected chi connectivity index (χ1v) is 7.43. The average Bonchev–Trinajstić information content (AvgIpc) is 2.52. The van der Waals surface area contributed by atoms with Crippen LogP contribution in [0.25, 0.3) is 0 Å². The van der Waals surface area contributed by atoms with Gasteiger partial charge in [0.1, 0.15) is 5.15 Å². The molecule has 3 N–H and O–H groups in total. The zero-order valence-corrected chi connectivity index (χ0v) is 13.5. The second-order valence-corrected chi connectivity index (χ2v) is 5.51. The Morgan fingerprint density at radius 2 is 1.74 bits per heavy atom. The minimum absolute atomic E-state index is 0.110. The van der Waals surface area contributed by atoms with Crippen molar-refractivity contribution in [2.45, 2.75) is 19.9 Å². The van der Waals surface area contributed by atoms with Gasteiger partial charge in [-0.05, 0) is 32.0 Å². The zero-order valence-electron chi connectivity index (χ0n) is 12.8. The lowest BCUT2D eigenvalue weighted by Gasteiger charge is -2.15. The SMILES string of the molecule is CC(C)Nc1cc(Cl)ncc1C(=O)NNC(=O)c1ccccc1. The van der Waals surface area contributed by atoms with Gasteiger partial charge in [0.15, 0.2) is 0 Å². The number of amides is 2. The van der Waals surface area contributed by atoms with E-state index in [1.165, 1.54) is 6.20 Å². The largest absolute Gasteiger partial charge is 0.382 e. The van der Waals surface area contributed by atoms with E-state index < -0.39 is 11.8 Å². The molecule has 7 heteroatoms. The number of hydrogen-bond acceptors (Lipinski definition) is 4. The molecule has 1 aromatic carbocycles. The highest BCUT2D eigenvalue weighted by Gasteiger charge is 2.14. The van der Waals surface area contributed by atoms with E-state index in [-0.39, 0.29) is 16.8 Å². The van der Waals surface area contributed by atoms with Gasteiger partial charge in [0.05, 0.1) is 11.3 Å². The Morgan fingerprint density at radius 1 is 1.09 bits per heavy atom. The maximum Gasteiger partial charge on any atom is 0.273 e. The molecule has 120 valence electrons. The summed E-state index contributed by atoms with van der Waals surface area (Å²) in [6, 6.07) is 10.3. The van der Waals surface area contributed by atoms with Crippen LogP contribution < -0.4 is 16.2 Å². The van der Waals surface area contributed by atoms with Gasteiger partial charge in [0, 0.05) is 17.8 Å². The molecule has 0 bridgehead atoms. The molecule has 1 heterocycles. The Labute approximate surface area is 139 Å². The fourth-order valence-corrected chi connectivity index (χ4v) is 2.04. The number of carbonyl (C=O) groups is 2. The van der Waals surface area contributed by atoms with Crippen LogP contribution >= 0.6 is 11.6 Å². The van der Waals surface area contributed by atoms with Crippen LogP contribution in [-0.2, 0) is 0 Å². The molecular formula is C16H17ClN4O2. The molecule has 0 saturated heterocycles. The van der Waals surface area contributed by atoms with Gasteiger partial charge in [-0.2, -0.15) is 0 Å². The molecule has 1 aromatic heterocycles. The van der Waals surface area contributed by atoms with Crippen LogP contribution in [0.3, 0.4) is 0 Å². The summed E-state index contributed by atoms with van der Waals surface area (Å²) in [5.74, 6) is -0.888. The Kier molecular flexibility index (Phi) is 5.54. The maximum atomic E-state index is 12.2. The molecule has 2 rings (SSSR count). The second-order valence-electron chi connectivity index (χ2n) is 5.13. The highest BCUT2D eigenvalue weighted by molar-refractivity contribution is 6.29. The highest BCUT2D eigenvalue weighted by Crippen LogP contribution is 2.19. The maximum absolute atomic E-state index is 12.2. The number of benzene rings is 1. The number of carbonyl (C=O) groups excluding carboxylic acids is 2. The molecule has 0 spiro atoms. The van der Waals surface area contributed by atoms with Gasteiger partial charge in [0.25, 0.3) is 11.8 Å². The summed E-state index contributed by atoms with van der Waals surface area (Å²) in [6.07, 6.45) is 1.36. The number of hydrazine groups is 1. The first-order valence-electron chi connectivity index (χ1n) is 7.05. The van der Waals surface area contributed by atoms with E-state index in [0.717, 1.165) is 0 Å². The van der Waals surface area contributed by atoms with E-state index in [1.807, 2.05) is 13.8 Å². The summed E-state index contributed by atoms with van der Waals surface area (Å²) in [5.41, 5.74) is 6.02. The summed E-state index contributed by atoms with van der Waals surface area (Å²) in [5, 5.41) is 3.39. The normalized spacial score (nSPS) is 10.3. The Morgan fingerprint density at radius 3 is 2.39 bits per heavy atom. The van der Waals surface area contributed by atoms with Crippen molar-refractivity contribution in [3.05, 3.63) is 58.9 Å². The van der Waals surface area contributed by atoms with E-state index in [4.69, 9.17) is 11.6 Å². The first kappa shape index (κ1) is 16.8. The summed E-state index contributed by atoms with van der Waals surface area (Å²) in [4.78, 5) is 28.1. The molecule has 23 heavy (non-hydrogen) atoms.